The maximum atomic E-state index is 12.7. The van der Waals surface area contributed by atoms with E-state index in [9.17, 15) is 18.0 Å². The zero-order valence-electron chi connectivity index (χ0n) is 11.8. The molecule has 0 fully saturated rings. The second kappa shape index (κ2) is 5.15. The van der Waals surface area contributed by atoms with Crippen molar-refractivity contribution in [1.29, 1.82) is 0 Å². The van der Waals surface area contributed by atoms with E-state index in [1.807, 2.05) is 19.1 Å². The van der Waals surface area contributed by atoms with Gasteiger partial charge < -0.3 is 9.88 Å². The van der Waals surface area contributed by atoms with Gasteiger partial charge >= 0.3 is 6.18 Å². The molecule has 1 unspecified atom stereocenters. The summed E-state index contributed by atoms with van der Waals surface area (Å²) in [6, 6.07) is 4.40. The number of alkyl halides is 3. The van der Waals surface area contributed by atoms with Gasteiger partial charge in [0.1, 0.15) is 0 Å². The van der Waals surface area contributed by atoms with Crippen molar-refractivity contribution in [2.45, 2.75) is 25.6 Å². The first-order chi connectivity index (χ1) is 10.4. The lowest BCUT2D eigenvalue weighted by molar-refractivity contribution is -0.144. The zero-order chi connectivity index (χ0) is 15.9. The molecule has 2 heterocycles. The largest absolute Gasteiger partial charge is 0.449 e. The molecule has 22 heavy (non-hydrogen) atoms. The zero-order valence-corrected chi connectivity index (χ0v) is 11.8. The number of hydrogen-bond acceptors (Lipinski definition) is 2. The average molecular weight is 309 g/mol. The van der Waals surface area contributed by atoms with E-state index < -0.39 is 12.0 Å². The summed E-state index contributed by atoms with van der Waals surface area (Å²) in [6.45, 7) is 2.50. The molecule has 1 aromatic heterocycles. The normalized spacial score (nSPS) is 18.4. The van der Waals surface area contributed by atoms with Gasteiger partial charge in [-0.25, -0.2) is 4.98 Å². The van der Waals surface area contributed by atoms with Crippen molar-refractivity contribution in [3.63, 3.8) is 0 Å². The molecule has 1 aromatic carbocycles. The van der Waals surface area contributed by atoms with E-state index in [4.69, 9.17) is 0 Å². The fourth-order valence-electron chi connectivity index (χ4n) is 2.60. The number of fused-ring (bicyclic) bond motifs is 1. The molecule has 1 N–H and O–H groups in total. The third kappa shape index (κ3) is 2.47. The van der Waals surface area contributed by atoms with Gasteiger partial charge in [-0.3, -0.25) is 4.79 Å². The van der Waals surface area contributed by atoms with Crippen LogP contribution in [0.5, 0.6) is 0 Å². The Kier molecular flexibility index (Phi) is 3.42. The molecule has 0 saturated carbocycles. The smallest absolute Gasteiger partial charge is 0.334 e. The number of rotatable bonds is 2. The fraction of sp³-hybridized carbons (Fsp3) is 0.333. The quantitative estimate of drug-likeness (QED) is 0.865. The third-order valence-corrected chi connectivity index (χ3v) is 3.74. The second-order valence-corrected chi connectivity index (χ2v) is 5.18. The number of nitrogens with zero attached hydrogens (tertiary/aromatic N) is 2. The summed E-state index contributed by atoms with van der Waals surface area (Å²) in [5.74, 6) is -1.25. The minimum Gasteiger partial charge on any atom is -0.334 e. The summed E-state index contributed by atoms with van der Waals surface area (Å²) in [6.07, 6.45) is 0.152. The molecule has 0 bridgehead atoms. The van der Waals surface area contributed by atoms with Crippen LogP contribution in [0.1, 0.15) is 29.5 Å². The van der Waals surface area contributed by atoms with E-state index in [-0.39, 0.29) is 23.0 Å². The van der Waals surface area contributed by atoms with E-state index in [1.165, 1.54) is 18.2 Å². The van der Waals surface area contributed by atoms with Crippen LogP contribution < -0.4 is 0 Å². The van der Waals surface area contributed by atoms with Gasteiger partial charge in [0.2, 0.25) is 5.82 Å². The van der Waals surface area contributed by atoms with E-state index in [0.29, 0.717) is 12.1 Å². The van der Waals surface area contributed by atoms with Crippen molar-refractivity contribution in [2.75, 3.05) is 6.54 Å². The van der Waals surface area contributed by atoms with Gasteiger partial charge in [0, 0.05) is 12.1 Å². The molecule has 3 rings (SSSR count). The lowest BCUT2D eigenvalue weighted by Crippen LogP contribution is -2.35. The Morgan fingerprint density at radius 2 is 2.23 bits per heavy atom. The molecule has 1 aliphatic rings. The first kappa shape index (κ1) is 14.6. The Bertz CT molecular complexity index is 748. The van der Waals surface area contributed by atoms with Crippen LogP contribution in [0.2, 0.25) is 0 Å². The molecule has 0 radical (unpaired) electrons. The molecule has 116 valence electrons. The van der Waals surface area contributed by atoms with Crippen molar-refractivity contribution in [3.05, 3.63) is 41.7 Å². The van der Waals surface area contributed by atoms with Gasteiger partial charge in [0.25, 0.3) is 5.91 Å². The number of benzene rings is 1. The van der Waals surface area contributed by atoms with E-state index in [2.05, 4.69) is 9.97 Å². The molecule has 0 spiro atoms. The van der Waals surface area contributed by atoms with Crippen LogP contribution in [0.25, 0.3) is 11.0 Å². The lowest BCUT2D eigenvalue weighted by Gasteiger charge is -2.23. The summed E-state index contributed by atoms with van der Waals surface area (Å²) >= 11 is 0. The fourth-order valence-corrected chi connectivity index (χ4v) is 2.60. The van der Waals surface area contributed by atoms with Gasteiger partial charge in [-0.05, 0) is 24.6 Å². The van der Waals surface area contributed by atoms with Crippen LogP contribution in [-0.4, -0.2) is 33.4 Å². The predicted octanol–water partition coefficient (Wildman–Crippen LogP) is 3.37. The number of imidazole rings is 1. The second-order valence-electron chi connectivity index (χ2n) is 5.18. The third-order valence-electron chi connectivity index (χ3n) is 3.74. The molecule has 0 saturated heterocycles. The number of hydrogen-bond donors (Lipinski definition) is 1. The highest BCUT2D eigenvalue weighted by atomic mass is 19.4. The Balaban J connectivity index is 1.93. The molecule has 1 atom stereocenters. The molecule has 4 nitrogen and oxygen atoms in total. The van der Waals surface area contributed by atoms with Crippen molar-refractivity contribution in [1.82, 2.24) is 14.9 Å². The predicted molar refractivity (Wildman–Crippen MR) is 75.4 cm³/mol. The molecular formula is C15H14F3N3O. The van der Waals surface area contributed by atoms with Crippen LogP contribution in [0.3, 0.4) is 0 Å². The van der Waals surface area contributed by atoms with Gasteiger partial charge in [-0.1, -0.05) is 19.1 Å². The monoisotopic (exact) mass is 309 g/mol. The van der Waals surface area contributed by atoms with Crippen LogP contribution in [0.15, 0.2) is 30.4 Å². The van der Waals surface area contributed by atoms with Crippen molar-refractivity contribution < 1.29 is 18.0 Å². The van der Waals surface area contributed by atoms with Crippen molar-refractivity contribution in [2.24, 2.45) is 0 Å². The number of amides is 1. The first-order valence-electron chi connectivity index (χ1n) is 6.94. The molecule has 1 aliphatic heterocycles. The number of carbonyl (C=O) groups is 1. The average Bonchev–Trinajstić information content (AvgIpc) is 3.11. The van der Waals surface area contributed by atoms with E-state index >= 15 is 0 Å². The Hall–Kier alpha value is -2.31. The summed E-state index contributed by atoms with van der Waals surface area (Å²) in [5.41, 5.74) is 0.751. The van der Waals surface area contributed by atoms with Crippen LogP contribution in [0.4, 0.5) is 13.2 Å². The van der Waals surface area contributed by atoms with Gasteiger partial charge in [-0.2, -0.15) is 13.2 Å². The number of nitrogens with one attached hydrogen (secondary N) is 1. The van der Waals surface area contributed by atoms with Gasteiger partial charge in [0.15, 0.2) is 0 Å². The van der Waals surface area contributed by atoms with Gasteiger partial charge in [-0.15, -0.1) is 0 Å². The number of halogens is 3. The summed E-state index contributed by atoms with van der Waals surface area (Å²) in [5, 5.41) is 0. The molecule has 2 aromatic rings. The van der Waals surface area contributed by atoms with E-state index in [1.54, 1.807) is 4.90 Å². The Labute approximate surface area is 124 Å². The molecule has 0 aliphatic carbocycles. The van der Waals surface area contributed by atoms with E-state index in [0.717, 1.165) is 6.42 Å². The van der Waals surface area contributed by atoms with Gasteiger partial charge in [0.05, 0.1) is 17.1 Å². The SMILES string of the molecule is CCC1C=CCN1C(=O)c1ccc2nc(C(F)(F)F)[nH]c2c1. The lowest BCUT2D eigenvalue weighted by atomic mass is 10.1. The number of aromatic nitrogens is 2. The Morgan fingerprint density at radius 1 is 1.45 bits per heavy atom. The summed E-state index contributed by atoms with van der Waals surface area (Å²) in [7, 11) is 0. The topological polar surface area (TPSA) is 49.0 Å². The van der Waals surface area contributed by atoms with Crippen molar-refractivity contribution >= 4 is 16.9 Å². The van der Waals surface area contributed by atoms with Crippen LogP contribution in [-0.2, 0) is 6.18 Å². The standard InChI is InChI=1S/C15H14F3N3O/c1-2-10-4-3-7-21(10)13(22)9-5-6-11-12(8-9)20-14(19-11)15(16,17)18/h3-6,8,10H,2,7H2,1H3,(H,19,20). The number of carbonyl (C=O) groups excluding carboxylic acids is 1. The van der Waals surface area contributed by atoms with Crippen molar-refractivity contribution in [3.8, 4) is 0 Å². The molecule has 1 amide bonds. The summed E-state index contributed by atoms with van der Waals surface area (Å²) in [4.78, 5) is 19.9. The van der Waals surface area contributed by atoms with Crippen LogP contribution in [0, 0.1) is 0 Å². The minimum atomic E-state index is -4.53. The highest BCUT2D eigenvalue weighted by molar-refractivity contribution is 5.98. The maximum Gasteiger partial charge on any atom is 0.449 e. The first-order valence-corrected chi connectivity index (χ1v) is 6.94. The summed E-state index contributed by atoms with van der Waals surface area (Å²) < 4.78 is 38.0. The number of H-pyrrole nitrogens is 1. The number of aromatic amines is 1. The van der Waals surface area contributed by atoms with Crippen LogP contribution >= 0.6 is 0 Å². The minimum absolute atomic E-state index is 0.0377. The molecule has 7 heteroatoms. The highest BCUT2D eigenvalue weighted by Crippen LogP contribution is 2.29. The highest BCUT2D eigenvalue weighted by Gasteiger charge is 2.35. The molecular weight excluding hydrogens is 295 g/mol. The maximum absolute atomic E-state index is 12.7. The Morgan fingerprint density at radius 3 is 2.91 bits per heavy atom.